The van der Waals surface area contributed by atoms with E-state index in [1.54, 1.807) is 7.05 Å². The van der Waals surface area contributed by atoms with Crippen molar-refractivity contribution in [2.75, 3.05) is 16.8 Å². The largest absolute Gasteiger partial charge is 0.397 e. The molecule has 19 heavy (non-hydrogen) atoms. The van der Waals surface area contributed by atoms with E-state index in [9.17, 15) is 9.18 Å². The smallest absolute Gasteiger partial charge is 0.234 e. The second-order valence-electron chi connectivity index (χ2n) is 3.65. The fourth-order valence-electron chi connectivity index (χ4n) is 1.30. The summed E-state index contributed by atoms with van der Waals surface area (Å²) < 4.78 is 14.5. The first-order chi connectivity index (χ1) is 9.06. The highest BCUT2D eigenvalue weighted by Crippen LogP contribution is 2.20. The van der Waals surface area contributed by atoms with E-state index in [0.29, 0.717) is 10.8 Å². The number of thioether (sulfide) groups is 1. The van der Waals surface area contributed by atoms with Gasteiger partial charge in [-0.3, -0.25) is 4.79 Å². The quantitative estimate of drug-likeness (QED) is 0.631. The second-order valence-corrected chi connectivity index (χ2v) is 4.60. The van der Waals surface area contributed by atoms with Gasteiger partial charge in [0.2, 0.25) is 11.1 Å². The van der Waals surface area contributed by atoms with Crippen molar-refractivity contribution in [3.63, 3.8) is 0 Å². The van der Waals surface area contributed by atoms with Crippen molar-refractivity contribution in [1.82, 2.24) is 20.2 Å². The molecule has 0 unspecified atom stereocenters. The molecule has 3 N–H and O–H groups in total. The van der Waals surface area contributed by atoms with Crippen LogP contribution in [0, 0.1) is 5.82 Å². The minimum atomic E-state index is -0.463. The van der Waals surface area contributed by atoms with Crippen LogP contribution in [0.25, 0.3) is 0 Å². The number of benzene rings is 1. The Morgan fingerprint density at radius 1 is 1.58 bits per heavy atom. The first-order valence-electron chi connectivity index (χ1n) is 5.26. The van der Waals surface area contributed by atoms with Crippen molar-refractivity contribution in [2.45, 2.75) is 5.16 Å². The van der Waals surface area contributed by atoms with Gasteiger partial charge in [-0.05, 0) is 28.6 Å². The number of amides is 1. The third kappa shape index (κ3) is 3.41. The van der Waals surface area contributed by atoms with Crippen molar-refractivity contribution >= 4 is 29.0 Å². The maximum absolute atomic E-state index is 13.0. The number of nitrogens with one attached hydrogen (secondary N) is 1. The van der Waals surface area contributed by atoms with E-state index < -0.39 is 5.82 Å². The molecule has 0 aliphatic carbocycles. The van der Waals surface area contributed by atoms with Crippen molar-refractivity contribution in [3.8, 4) is 0 Å². The fraction of sp³-hybridized carbons (Fsp3) is 0.200. The lowest BCUT2D eigenvalue weighted by Crippen LogP contribution is -2.15. The zero-order valence-electron chi connectivity index (χ0n) is 10.00. The van der Waals surface area contributed by atoms with Crippen LogP contribution in [-0.2, 0) is 11.8 Å². The number of anilines is 2. The monoisotopic (exact) mass is 282 g/mol. The average molecular weight is 282 g/mol. The maximum Gasteiger partial charge on any atom is 0.234 e. The van der Waals surface area contributed by atoms with Crippen molar-refractivity contribution < 1.29 is 9.18 Å². The molecule has 1 amide bonds. The maximum atomic E-state index is 13.0. The lowest BCUT2D eigenvalue weighted by molar-refractivity contribution is -0.113. The third-order valence-corrected chi connectivity index (χ3v) is 3.21. The van der Waals surface area contributed by atoms with E-state index >= 15 is 0 Å². The topological polar surface area (TPSA) is 98.7 Å². The summed E-state index contributed by atoms with van der Waals surface area (Å²) in [4.78, 5) is 11.7. The molecule has 0 atom stereocenters. The molecule has 0 aliphatic rings. The van der Waals surface area contributed by atoms with Crippen LogP contribution in [0.5, 0.6) is 0 Å². The predicted molar refractivity (Wildman–Crippen MR) is 69.0 cm³/mol. The molecule has 9 heteroatoms. The third-order valence-electron chi connectivity index (χ3n) is 2.20. The van der Waals surface area contributed by atoms with Crippen LogP contribution in [0.2, 0.25) is 0 Å². The van der Waals surface area contributed by atoms with Gasteiger partial charge in [0.1, 0.15) is 5.82 Å². The Labute approximate surface area is 112 Å². The van der Waals surface area contributed by atoms with Crippen molar-refractivity contribution in [1.29, 1.82) is 0 Å². The van der Waals surface area contributed by atoms with Crippen LogP contribution < -0.4 is 11.1 Å². The van der Waals surface area contributed by atoms with Gasteiger partial charge in [-0.1, -0.05) is 11.8 Å². The normalized spacial score (nSPS) is 10.4. The Bertz CT molecular complexity index is 601. The number of nitrogens with zero attached hydrogens (tertiary/aromatic N) is 4. The molecule has 2 aromatic rings. The predicted octanol–water partition coefficient (Wildman–Crippen LogP) is 0.662. The lowest BCUT2D eigenvalue weighted by Gasteiger charge is -2.07. The van der Waals surface area contributed by atoms with Crippen molar-refractivity contribution in [2.24, 2.45) is 7.05 Å². The van der Waals surface area contributed by atoms with Crippen molar-refractivity contribution in [3.05, 3.63) is 24.0 Å². The molecule has 0 fully saturated rings. The van der Waals surface area contributed by atoms with Crippen LogP contribution in [0.4, 0.5) is 15.8 Å². The average Bonchev–Trinajstić information content (AvgIpc) is 2.77. The van der Waals surface area contributed by atoms with E-state index in [1.165, 1.54) is 34.6 Å². The Hall–Kier alpha value is -2.16. The Morgan fingerprint density at radius 2 is 2.37 bits per heavy atom. The van der Waals surface area contributed by atoms with Gasteiger partial charge in [-0.15, -0.1) is 5.10 Å². The highest BCUT2D eigenvalue weighted by Gasteiger charge is 2.09. The first kappa shape index (κ1) is 13.3. The molecule has 100 valence electrons. The van der Waals surface area contributed by atoms with Gasteiger partial charge in [-0.2, -0.15) is 0 Å². The number of aromatic nitrogens is 4. The van der Waals surface area contributed by atoms with Crippen LogP contribution >= 0.6 is 11.8 Å². The number of hydrogen-bond donors (Lipinski definition) is 2. The van der Waals surface area contributed by atoms with Crippen LogP contribution in [0.1, 0.15) is 0 Å². The molecule has 1 aromatic carbocycles. The SMILES string of the molecule is Cn1nnnc1SCC(=O)Nc1cc(F)ccc1N. The van der Waals surface area contributed by atoms with E-state index in [4.69, 9.17) is 5.73 Å². The van der Waals surface area contributed by atoms with Gasteiger partial charge in [0.05, 0.1) is 17.1 Å². The summed E-state index contributed by atoms with van der Waals surface area (Å²) in [6, 6.07) is 3.79. The molecule has 2 rings (SSSR count). The van der Waals surface area contributed by atoms with Gasteiger partial charge >= 0.3 is 0 Å². The van der Waals surface area contributed by atoms with E-state index in [0.717, 1.165) is 0 Å². The zero-order valence-corrected chi connectivity index (χ0v) is 10.8. The standard InChI is InChI=1S/C10H11FN6OS/c1-17-10(14-15-16-17)19-5-9(18)13-8-4-6(11)2-3-7(8)12/h2-4H,5,12H2,1H3,(H,13,18). The number of hydrogen-bond acceptors (Lipinski definition) is 6. The first-order valence-corrected chi connectivity index (χ1v) is 6.25. The Morgan fingerprint density at radius 3 is 3.05 bits per heavy atom. The van der Waals surface area contributed by atoms with Crippen LogP contribution in [-0.4, -0.2) is 31.9 Å². The summed E-state index contributed by atoms with van der Waals surface area (Å²) in [5.74, 6) is -0.676. The number of nitrogens with two attached hydrogens (primary N) is 1. The molecule has 0 radical (unpaired) electrons. The van der Waals surface area contributed by atoms with Gasteiger partial charge < -0.3 is 11.1 Å². The van der Waals surface area contributed by atoms with E-state index in [2.05, 4.69) is 20.8 Å². The molecular weight excluding hydrogens is 271 g/mol. The summed E-state index contributed by atoms with van der Waals surface area (Å²) in [7, 11) is 1.67. The summed E-state index contributed by atoms with van der Waals surface area (Å²) in [6.07, 6.45) is 0. The van der Waals surface area contributed by atoms with Gasteiger partial charge in [0, 0.05) is 7.05 Å². The molecule has 0 saturated carbocycles. The summed E-state index contributed by atoms with van der Waals surface area (Å²) in [5, 5.41) is 13.9. The highest BCUT2D eigenvalue weighted by molar-refractivity contribution is 7.99. The number of carbonyl (C=O) groups excluding carboxylic acids is 1. The molecule has 0 spiro atoms. The molecule has 0 bridgehead atoms. The molecule has 0 aliphatic heterocycles. The number of carbonyl (C=O) groups is 1. The van der Waals surface area contributed by atoms with Crippen LogP contribution in [0.15, 0.2) is 23.4 Å². The van der Waals surface area contributed by atoms with E-state index in [-0.39, 0.29) is 17.3 Å². The molecule has 7 nitrogen and oxygen atoms in total. The number of tetrazole rings is 1. The molecule has 0 saturated heterocycles. The number of halogens is 1. The van der Waals surface area contributed by atoms with E-state index in [1.807, 2.05) is 0 Å². The Kier molecular flexibility index (Phi) is 3.95. The summed E-state index contributed by atoms with van der Waals surface area (Å²) in [6.45, 7) is 0. The Balaban J connectivity index is 1.94. The molecular formula is C10H11FN6OS. The fourth-order valence-corrected chi connectivity index (χ4v) is 1.95. The highest BCUT2D eigenvalue weighted by atomic mass is 32.2. The minimum Gasteiger partial charge on any atom is -0.397 e. The number of nitrogen functional groups attached to an aromatic ring is 1. The van der Waals surface area contributed by atoms with Gasteiger partial charge in [0.25, 0.3) is 0 Å². The molecule has 1 heterocycles. The number of aryl methyl sites for hydroxylation is 1. The van der Waals surface area contributed by atoms with Gasteiger partial charge in [-0.25, -0.2) is 9.07 Å². The van der Waals surface area contributed by atoms with Crippen LogP contribution in [0.3, 0.4) is 0 Å². The molecule has 1 aromatic heterocycles. The second kappa shape index (κ2) is 5.65. The zero-order chi connectivity index (χ0) is 13.8. The lowest BCUT2D eigenvalue weighted by atomic mass is 10.2. The van der Waals surface area contributed by atoms with Gasteiger partial charge in [0.15, 0.2) is 0 Å². The summed E-state index contributed by atoms with van der Waals surface area (Å²) >= 11 is 1.17. The summed E-state index contributed by atoms with van der Waals surface area (Å²) in [5.41, 5.74) is 6.19. The minimum absolute atomic E-state index is 0.101. The number of rotatable bonds is 4.